The molecule has 0 radical (unpaired) electrons. The second-order valence-corrected chi connectivity index (χ2v) is 6.71. The molecule has 116 valence electrons. The van der Waals surface area contributed by atoms with Crippen molar-refractivity contribution < 1.29 is 0 Å². The molecule has 3 rings (SSSR count). The van der Waals surface area contributed by atoms with E-state index in [1.165, 1.54) is 25.7 Å². The van der Waals surface area contributed by atoms with E-state index in [2.05, 4.69) is 41.4 Å². The predicted molar refractivity (Wildman–Crippen MR) is 87.6 cm³/mol. The third-order valence-electron chi connectivity index (χ3n) is 5.26. The fraction of sp³-hybridized carbons (Fsp3) is 0.765. The summed E-state index contributed by atoms with van der Waals surface area (Å²) < 4.78 is 0. The Morgan fingerprint density at radius 2 is 2.00 bits per heavy atom. The van der Waals surface area contributed by atoms with Gasteiger partial charge in [-0.15, -0.1) is 0 Å². The maximum absolute atomic E-state index is 4.65. The lowest BCUT2D eigenvalue weighted by molar-refractivity contribution is 0.304. The quantitative estimate of drug-likeness (QED) is 0.838. The van der Waals surface area contributed by atoms with E-state index in [9.17, 15) is 0 Å². The molecule has 2 aliphatic rings. The molecule has 4 unspecified atom stereocenters. The zero-order valence-electron chi connectivity index (χ0n) is 13.5. The smallest absolute Gasteiger partial charge is 0.132 e. The highest BCUT2D eigenvalue weighted by Crippen LogP contribution is 2.49. The van der Waals surface area contributed by atoms with Gasteiger partial charge in [0.2, 0.25) is 0 Å². The van der Waals surface area contributed by atoms with Crippen molar-refractivity contribution in [3.63, 3.8) is 0 Å². The highest BCUT2D eigenvalue weighted by atomic mass is 15.1. The molecule has 0 saturated heterocycles. The minimum absolute atomic E-state index is 0.509. The summed E-state index contributed by atoms with van der Waals surface area (Å²) in [4.78, 5) is 9.17. The Hall–Kier alpha value is -1.32. The van der Waals surface area contributed by atoms with Gasteiger partial charge in [0.05, 0.1) is 0 Å². The first kappa shape index (κ1) is 14.6. The first-order chi connectivity index (χ1) is 10.2. The molecule has 21 heavy (non-hydrogen) atoms. The molecule has 2 saturated carbocycles. The van der Waals surface area contributed by atoms with E-state index < -0.39 is 0 Å². The van der Waals surface area contributed by atoms with Crippen LogP contribution in [0.25, 0.3) is 0 Å². The number of hydrogen-bond acceptors (Lipinski definition) is 4. The van der Waals surface area contributed by atoms with Gasteiger partial charge in [0.15, 0.2) is 0 Å². The van der Waals surface area contributed by atoms with Crippen LogP contribution in [0.15, 0.2) is 6.07 Å². The second kappa shape index (κ2) is 6.20. The Bertz CT molecular complexity index is 488. The first-order valence-electron chi connectivity index (χ1n) is 8.58. The molecule has 1 heterocycles. The van der Waals surface area contributed by atoms with E-state index >= 15 is 0 Å². The van der Waals surface area contributed by atoms with E-state index in [0.29, 0.717) is 6.04 Å². The lowest BCUT2D eigenvalue weighted by Crippen LogP contribution is -2.30. The van der Waals surface area contributed by atoms with Crippen molar-refractivity contribution in [3.05, 3.63) is 11.9 Å². The molecule has 4 nitrogen and oxygen atoms in total. The topological polar surface area (TPSA) is 49.8 Å². The van der Waals surface area contributed by atoms with Crippen molar-refractivity contribution in [2.24, 2.45) is 17.8 Å². The number of nitrogens with zero attached hydrogens (tertiary/aromatic N) is 2. The number of nitrogens with one attached hydrogen (secondary N) is 2. The number of rotatable bonds is 6. The lowest BCUT2D eigenvalue weighted by atomic mass is 9.84. The van der Waals surface area contributed by atoms with Crippen LogP contribution in [0, 0.1) is 17.8 Å². The molecule has 0 spiro atoms. The monoisotopic (exact) mass is 288 g/mol. The minimum Gasteiger partial charge on any atom is -0.370 e. The highest BCUT2D eigenvalue weighted by molar-refractivity contribution is 5.48. The zero-order valence-corrected chi connectivity index (χ0v) is 13.5. The average molecular weight is 288 g/mol. The van der Waals surface area contributed by atoms with Crippen molar-refractivity contribution in [1.29, 1.82) is 0 Å². The second-order valence-electron chi connectivity index (χ2n) is 6.71. The Labute approximate surface area is 128 Å². The molecule has 0 aromatic carbocycles. The van der Waals surface area contributed by atoms with Crippen LogP contribution in [0.2, 0.25) is 0 Å². The molecular weight excluding hydrogens is 260 g/mol. The zero-order chi connectivity index (χ0) is 14.8. The summed E-state index contributed by atoms with van der Waals surface area (Å²) in [5, 5.41) is 6.95. The van der Waals surface area contributed by atoms with Crippen LogP contribution in [-0.2, 0) is 6.42 Å². The average Bonchev–Trinajstić information content (AvgIpc) is 3.10. The van der Waals surface area contributed by atoms with Crippen LogP contribution in [0.1, 0.15) is 52.3 Å². The maximum Gasteiger partial charge on any atom is 0.132 e. The van der Waals surface area contributed by atoms with Gasteiger partial charge in [-0.1, -0.05) is 13.3 Å². The Kier molecular flexibility index (Phi) is 4.32. The van der Waals surface area contributed by atoms with Crippen LogP contribution in [0.3, 0.4) is 0 Å². The summed E-state index contributed by atoms with van der Waals surface area (Å²) >= 11 is 0. The molecule has 2 fully saturated rings. The van der Waals surface area contributed by atoms with Crippen LogP contribution in [0.4, 0.5) is 11.6 Å². The van der Waals surface area contributed by atoms with Gasteiger partial charge in [0.1, 0.15) is 17.5 Å². The highest BCUT2D eigenvalue weighted by Gasteiger charge is 2.41. The van der Waals surface area contributed by atoms with Gasteiger partial charge in [0.25, 0.3) is 0 Å². The van der Waals surface area contributed by atoms with Crippen molar-refractivity contribution >= 4 is 11.6 Å². The summed E-state index contributed by atoms with van der Waals surface area (Å²) in [6, 6.07) is 2.56. The van der Waals surface area contributed by atoms with E-state index in [0.717, 1.165) is 48.2 Å². The van der Waals surface area contributed by atoms with Gasteiger partial charge < -0.3 is 10.6 Å². The van der Waals surface area contributed by atoms with E-state index in [1.54, 1.807) is 0 Å². The van der Waals surface area contributed by atoms with Crippen molar-refractivity contribution in [1.82, 2.24) is 9.97 Å². The standard InChI is InChI=1S/C17H28N4/c1-4-15-20-16(18-5-2)10-17(21-15)19-11(3)14-9-12-6-7-13(14)8-12/h10-14H,4-9H2,1-3H3,(H2,18,19,20,21). The normalized spacial score (nSPS) is 28.6. The molecule has 0 aliphatic heterocycles. The molecule has 2 aliphatic carbocycles. The molecule has 4 heteroatoms. The van der Waals surface area contributed by atoms with Crippen molar-refractivity contribution in [3.8, 4) is 0 Å². The SMILES string of the molecule is CCNc1cc(NC(C)C2CC3CCC2C3)nc(CC)n1. The van der Waals surface area contributed by atoms with Crippen LogP contribution in [-0.4, -0.2) is 22.6 Å². The summed E-state index contributed by atoms with van der Waals surface area (Å²) in [7, 11) is 0. The molecule has 2 bridgehead atoms. The van der Waals surface area contributed by atoms with Gasteiger partial charge in [0, 0.05) is 25.1 Å². The van der Waals surface area contributed by atoms with Gasteiger partial charge in [-0.3, -0.25) is 0 Å². The fourth-order valence-electron chi connectivity index (χ4n) is 4.25. The largest absolute Gasteiger partial charge is 0.370 e. The van der Waals surface area contributed by atoms with E-state index in [-0.39, 0.29) is 0 Å². The van der Waals surface area contributed by atoms with Crippen molar-refractivity contribution in [2.45, 2.75) is 58.9 Å². The summed E-state index contributed by atoms with van der Waals surface area (Å²) in [5.74, 6) is 5.60. The van der Waals surface area contributed by atoms with Gasteiger partial charge >= 0.3 is 0 Å². The molecule has 1 aromatic rings. The number of aromatic nitrogens is 2. The molecular formula is C17H28N4. The van der Waals surface area contributed by atoms with Crippen molar-refractivity contribution in [2.75, 3.05) is 17.2 Å². The number of anilines is 2. The number of aryl methyl sites for hydroxylation is 1. The molecule has 4 atom stereocenters. The first-order valence-corrected chi connectivity index (χ1v) is 8.58. The van der Waals surface area contributed by atoms with Gasteiger partial charge in [-0.2, -0.15) is 0 Å². The predicted octanol–water partition coefficient (Wildman–Crippen LogP) is 3.71. The van der Waals surface area contributed by atoms with Crippen LogP contribution < -0.4 is 10.6 Å². The molecule has 0 amide bonds. The third kappa shape index (κ3) is 3.14. The molecule has 1 aromatic heterocycles. The van der Waals surface area contributed by atoms with E-state index in [4.69, 9.17) is 0 Å². The summed E-state index contributed by atoms with van der Waals surface area (Å²) in [5.41, 5.74) is 0. The Balaban J connectivity index is 1.70. The van der Waals surface area contributed by atoms with E-state index in [1.807, 2.05) is 6.07 Å². The van der Waals surface area contributed by atoms with Crippen LogP contribution in [0.5, 0.6) is 0 Å². The minimum atomic E-state index is 0.509. The number of hydrogen-bond donors (Lipinski definition) is 2. The van der Waals surface area contributed by atoms with Crippen LogP contribution >= 0.6 is 0 Å². The third-order valence-corrected chi connectivity index (χ3v) is 5.26. The lowest BCUT2D eigenvalue weighted by Gasteiger charge is -2.29. The fourth-order valence-corrected chi connectivity index (χ4v) is 4.25. The van der Waals surface area contributed by atoms with Gasteiger partial charge in [-0.05, 0) is 50.9 Å². The maximum atomic E-state index is 4.65. The summed E-state index contributed by atoms with van der Waals surface area (Å²) in [6.45, 7) is 7.42. The summed E-state index contributed by atoms with van der Waals surface area (Å²) in [6.07, 6.45) is 6.64. The molecule has 2 N–H and O–H groups in total. The Morgan fingerprint density at radius 3 is 2.62 bits per heavy atom. The Morgan fingerprint density at radius 1 is 1.19 bits per heavy atom. The van der Waals surface area contributed by atoms with Gasteiger partial charge in [-0.25, -0.2) is 9.97 Å². The number of fused-ring (bicyclic) bond motifs is 2.